The molecule has 6 nitrogen and oxygen atoms in total. The molecule has 122 valence electrons. The number of benzene rings is 1. The number of carbonyl (C=O) groups is 1. The van der Waals surface area contributed by atoms with Crippen molar-refractivity contribution in [2.45, 2.75) is 31.8 Å². The summed E-state index contributed by atoms with van der Waals surface area (Å²) >= 11 is 0. The summed E-state index contributed by atoms with van der Waals surface area (Å²) in [4.78, 5) is 16.1. The van der Waals surface area contributed by atoms with Gasteiger partial charge in [0.25, 0.3) is 0 Å². The molecular formula is C17H22N4O2. The van der Waals surface area contributed by atoms with Crippen molar-refractivity contribution >= 4 is 6.03 Å². The standard InChI is InChI=1S/C17H22N4O2/c1-17(11-22,14-4-5-14)20-16(23)19-10-13-2-6-15(7-3-13)21-9-8-18-12-21/h2-3,6-9,12,14,22H,4-5,10-11H2,1H3,(H2,19,20,23). The zero-order valence-electron chi connectivity index (χ0n) is 13.2. The fourth-order valence-electron chi connectivity index (χ4n) is 2.67. The molecule has 3 N–H and O–H groups in total. The number of imidazole rings is 1. The van der Waals surface area contributed by atoms with Gasteiger partial charge in [0, 0.05) is 24.6 Å². The molecule has 0 aliphatic heterocycles. The SMILES string of the molecule is CC(CO)(NC(=O)NCc1ccc(-n2ccnc2)cc1)C1CC1. The molecule has 1 aliphatic carbocycles. The van der Waals surface area contributed by atoms with E-state index in [2.05, 4.69) is 15.6 Å². The Bertz CT molecular complexity index is 650. The van der Waals surface area contributed by atoms with E-state index in [4.69, 9.17) is 0 Å². The van der Waals surface area contributed by atoms with Crippen molar-refractivity contribution in [3.63, 3.8) is 0 Å². The van der Waals surface area contributed by atoms with E-state index in [1.165, 1.54) is 0 Å². The summed E-state index contributed by atoms with van der Waals surface area (Å²) in [5, 5.41) is 15.2. The Labute approximate surface area is 135 Å². The van der Waals surface area contributed by atoms with Crippen LogP contribution in [0.3, 0.4) is 0 Å². The van der Waals surface area contributed by atoms with Crippen LogP contribution < -0.4 is 10.6 Å². The fourth-order valence-corrected chi connectivity index (χ4v) is 2.67. The van der Waals surface area contributed by atoms with Crippen molar-refractivity contribution in [2.24, 2.45) is 5.92 Å². The van der Waals surface area contributed by atoms with Crippen molar-refractivity contribution < 1.29 is 9.90 Å². The molecule has 1 heterocycles. The Hall–Kier alpha value is -2.34. The summed E-state index contributed by atoms with van der Waals surface area (Å²) in [6, 6.07) is 7.67. The Morgan fingerprint density at radius 2 is 2.13 bits per heavy atom. The second-order valence-corrected chi connectivity index (χ2v) is 6.29. The summed E-state index contributed by atoms with van der Waals surface area (Å²) in [7, 11) is 0. The number of nitrogens with zero attached hydrogens (tertiary/aromatic N) is 2. The molecule has 3 rings (SSSR count). The fraction of sp³-hybridized carbons (Fsp3) is 0.412. The van der Waals surface area contributed by atoms with Gasteiger partial charge in [-0.3, -0.25) is 0 Å². The highest BCUT2D eigenvalue weighted by Gasteiger charge is 2.42. The van der Waals surface area contributed by atoms with Gasteiger partial charge in [-0.2, -0.15) is 0 Å². The van der Waals surface area contributed by atoms with Crippen molar-refractivity contribution in [3.8, 4) is 5.69 Å². The predicted octanol–water partition coefficient (Wildman–Crippen LogP) is 1.83. The molecule has 1 aliphatic rings. The number of hydrogen-bond acceptors (Lipinski definition) is 3. The largest absolute Gasteiger partial charge is 0.394 e. The number of aliphatic hydroxyl groups is 1. The normalized spacial score (nSPS) is 16.6. The number of rotatable bonds is 6. The molecule has 0 bridgehead atoms. The highest BCUT2D eigenvalue weighted by atomic mass is 16.3. The molecule has 23 heavy (non-hydrogen) atoms. The minimum Gasteiger partial charge on any atom is -0.394 e. The van der Waals surface area contributed by atoms with Gasteiger partial charge in [0.15, 0.2) is 0 Å². The highest BCUT2D eigenvalue weighted by Crippen LogP contribution is 2.39. The lowest BCUT2D eigenvalue weighted by molar-refractivity contribution is 0.155. The number of hydrogen-bond donors (Lipinski definition) is 3. The van der Waals surface area contributed by atoms with Crippen LogP contribution in [0.2, 0.25) is 0 Å². The molecule has 1 aromatic heterocycles. The van der Waals surface area contributed by atoms with Crippen LogP contribution in [0.1, 0.15) is 25.3 Å². The van der Waals surface area contributed by atoms with Gasteiger partial charge in [-0.15, -0.1) is 0 Å². The average molecular weight is 314 g/mol. The second-order valence-electron chi connectivity index (χ2n) is 6.29. The lowest BCUT2D eigenvalue weighted by atomic mass is 9.97. The van der Waals surface area contributed by atoms with Crippen molar-refractivity contribution in [1.29, 1.82) is 0 Å². The van der Waals surface area contributed by atoms with Gasteiger partial charge in [0.2, 0.25) is 0 Å². The third-order valence-corrected chi connectivity index (χ3v) is 4.40. The molecule has 1 atom stereocenters. The Balaban J connectivity index is 1.52. The maximum absolute atomic E-state index is 12.0. The maximum Gasteiger partial charge on any atom is 0.315 e. The third kappa shape index (κ3) is 3.71. The quantitative estimate of drug-likeness (QED) is 0.761. The average Bonchev–Trinajstić information content (AvgIpc) is 3.29. The zero-order chi connectivity index (χ0) is 16.3. The van der Waals surface area contributed by atoms with Crippen LogP contribution in [0.5, 0.6) is 0 Å². The maximum atomic E-state index is 12.0. The molecule has 2 aromatic rings. The topological polar surface area (TPSA) is 79.2 Å². The van der Waals surface area contributed by atoms with Gasteiger partial charge in [-0.1, -0.05) is 12.1 Å². The molecule has 1 unspecified atom stereocenters. The molecule has 0 spiro atoms. The van der Waals surface area contributed by atoms with E-state index in [0.29, 0.717) is 12.5 Å². The molecule has 0 radical (unpaired) electrons. The monoisotopic (exact) mass is 314 g/mol. The third-order valence-electron chi connectivity index (χ3n) is 4.40. The number of nitrogens with one attached hydrogen (secondary N) is 2. The number of amides is 2. The van der Waals surface area contributed by atoms with Crippen LogP contribution in [0.25, 0.3) is 5.69 Å². The smallest absolute Gasteiger partial charge is 0.315 e. The van der Waals surface area contributed by atoms with E-state index in [1.54, 1.807) is 12.5 Å². The van der Waals surface area contributed by atoms with Gasteiger partial charge in [-0.25, -0.2) is 9.78 Å². The molecule has 1 saturated carbocycles. The first-order chi connectivity index (χ1) is 11.1. The Morgan fingerprint density at radius 1 is 1.39 bits per heavy atom. The lowest BCUT2D eigenvalue weighted by Gasteiger charge is -2.28. The molecular weight excluding hydrogens is 292 g/mol. The second kappa shape index (κ2) is 6.42. The van der Waals surface area contributed by atoms with E-state index in [1.807, 2.05) is 42.0 Å². The van der Waals surface area contributed by atoms with Gasteiger partial charge in [-0.05, 0) is 43.4 Å². The van der Waals surface area contributed by atoms with Crippen molar-refractivity contribution in [1.82, 2.24) is 20.2 Å². The lowest BCUT2D eigenvalue weighted by Crippen LogP contribution is -2.53. The zero-order valence-corrected chi connectivity index (χ0v) is 13.2. The Morgan fingerprint density at radius 3 is 2.70 bits per heavy atom. The van der Waals surface area contributed by atoms with Gasteiger partial charge in [0.1, 0.15) is 0 Å². The van der Waals surface area contributed by atoms with E-state index in [0.717, 1.165) is 24.1 Å². The minimum absolute atomic E-state index is 0.0370. The van der Waals surface area contributed by atoms with E-state index >= 15 is 0 Å². The first-order valence-electron chi connectivity index (χ1n) is 7.85. The van der Waals surface area contributed by atoms with Crippen LogP contribution in [0.4, 0.5) is 4.79 Å². The first-order valence-corrected chi connectivity index (χ1v) is 7.85. The van der Waals surface area contributed by atoms with Crippen molar-refractivity contribution in [2.75, 3.05) is 6.61 Å². The number of aliphatic hydroxyl groups excluding tert-OH is 1. The number of carbonyl (C=O) groups excluding carboxylic acids is 1. The summed E-state index contributed by atoms with van der Waals surface area (Å²) in [5.74, 6) is 0.382. The van der Waals surface area contributed by atoms with Crippen LogP contribution in [0, 0.1) is 5.92 Å². The van der Waals surface area contributed by atoms with Gasteiger partial charge < -0.3 is 20.3 Å². The predicted molar refractivity (Wildman–Crippen MR) is 87.2 cm³/mol. The Kier molecular flexibility index (Phi) is 4.34. The van der Waals surface area contributed by atoms with E-state index in [-0.39, 0.29) is 12.6 Å². The summed E-state index contributed by atoms with van der Waals surface area (Å²) in [6.07, 6.45) is 7.49. The van der Waals surface area contributed by atoms with Gasteiger partial charge >= 0.3 is 6.03 Å². The number of urea groups is 1. The van der Waals surface area contributed by atoms with Gasteiger partial charge in [0.05, 0.1) is 18.5 Å². The highest BCUT2D eigenvalue weighted by molar-refractivity contribution is 5.74. The molecule has 0 saturated heterocycles. The van der Waals surface area contributed by atoms with E-state index < -0.39 is 5.54 Å². The van der Waals surface area contributed by atoms with Crippen LogP contribution in [-0.2, 0) is 6.54 Å². The minimum atomic E-state index is -0.518. The summed E-state index contributed by atoms with van der Waals surface area (Å²) < 4.78 is 1.92. The summed E-state index contributed by atoms with van der Waals surface area (Å²) in [6.45, 7) is 2.30. The summed E-state index contributed by atoms with van der Waals surface area (Å²) in [5.41, 5.74) is 1.52. The first kappa shape index (κ1) is 15.6. The van der Waals surface area contributed by atoms with E-state index in [9.17, 15) is 9.90 Å². The number of aromatic nitrogens is 2. The molecule has 1 fully saturated rings. The molecule has 1 aromatic carbocycles. The molecule has 6 heteroatoms. The van der Waals surface area contributed by atoms with Crippen LogP contribution in [0.15, 0.2) is 43.0 Å². The van der Waals surface area contributed by atoms with Crippen LogP contribution in [-0.4, -0.2) is 32.8 Å². The molecule has 2 amide bonds. The van der Waals surface area contributed by atoms with Crippen LogP contribution >= 0.6 is 0 Å². The van der Waals surface area contributed by atoms with Crippen molar-refractivity contribution in [3.05, 3.63) is 48.5 Å².